The van der Waals surface area contributed by atoms with Gasteiger partial charge in [0.05, 0.1) is 15.4 Å². The van der Waals surface area contributed by atoms with Gasteiger partial charge < -0.3 is 0 Å². The van der Waals surface area contributed by atoms with Crippen LogP contribution < -0.4 is 15.7 Å². The van der Waals surface area contributed by atoms with Gasteiger partial charge in [-0.15, -0.1) is 0 Å². The topological polar surface area (TPSA) is 51.4 Å². The highest BCUT2D eigenvalue weighted by atomic mass is 32.1. The Kier molecular flexibility index (Phi) is 3.09. The molecule has 0 bridgehead atoms. The molecule has 0 saturated heterocycles. The van der Waals surface area contributed by atoms with E-state index >= 15 is 0 Å². The number of aromatic nitrogens is 2. The van der Waals surface area contributed by atoms with E-state index in [2.05, 4.69) is 4.98 Å². The van der Waals surface area contributed by atoms with Gasteiger partial charge >= 0.3 is 0 Å². The van der Waals surface area contributed by atoms with Gasteiger partial charge in [-0.2, -0.15) is 4.98 Å². The standard InChI is InChI=1S/C18H12N2O2S/c1-11-6-8-12(9-7-11)10-15-17(22)20-14-5-3-2-4-13(14)16(21)19-18(20)23-15/h2-10H,1H3/b15-10-. The molecule has 0 fully saturated rings. The second kappa shape index (κ2) is 5.14. The van der Waals surface area contributed by atoms with Gasteiger partial charge in [-0.05, 0) is 30.7 Å². The molecule has 23 heavy (non-hydrogen) atoms. The van der Waals surface area contributed by atoms with Gasteiger partial charge in [0.25, 0.3) is 11.1 Å². The minimum Gasteiger partial charge on any atom is -0.267 e. The van der Waals surface area contributed by atoms with Crippen molar-refractivity contribution in [2.24, 2.45) is 0 Å². The van der Waals surface area contributed by atoms with Crippen LogP contribution in [-0.4, -0.2) is 9.38 Å². The van der Waals surface area contributed by atoms with Crippen molar-refractivity contribution in [2.75, 3.05) is 0 Å². The normalized spacial score (nSPS) is 12.3. The first-order valence-corrected chi connectivity index (χ1v) is 7.98. The first-order valence-electron chi connectivity index (χ1n) is 7.16. The Morgan fingerprint density at radius 3 is 2.57 bits per heavy atom. The van der Waals surface area contributed by atoms with Crippen LogP contribution in [0.15, 0.2) is 58.1 Å². The minimum atomic E-state index is -0.302. The lowest BCUT2D eigenvalue weighted by atomic mass is 10.1. The molecule has 2 aromatic heterocycles. The number of hydrogen-bond acceptors (Lipinski definition) is 4. The molecule has 0 N–H and O–H groups in total. The fourth-order valence-electron chi connectivity index (χ4n) is 2.57. The summed E-state index contributed by atoms with van der Waals surface area (Å²) < 4.78 is 2.08. The summed E-state index contributed by atoms with van der Waals surface area (Å²) in [7, 11) is 0. The van der Waals surface area contributed by atoms with Gasteiger partial charge in [0.1, 0.15) is 0 Å². The van der Waals surface area contributed by atoms with Crippen molar-refractivity contribution < 1.29 is 0 Å². The van der Waals surface area contributed by atoms with Crippen LogP contribution in [0.2, 0.25) is 0 Å². The van der Waals surface area contributed by atoms with Crippen LogP contribution in [0.25, 0.3) is 21.9 Å². The van der Waals surface area contributed by atoms with Crippen LogP contribution in [0.3, 0.4) is 0 Å². The van der Waals surface area contributed by atoms with E-state index in [4.69, 9.17) is 0 Å². The Labute approximate surface area is 135 Å². The number of benzene rings is 2. The average Bonchev–Trinajstić information content (AvgIpc) is 2.86. The summed E-state index contributed by atoms with van der Waals surface area (Å²) >= 11 is 1.24. The molecule has 0 aliphatic carbocycles. The first kappa shape index (κ1) is 13.8. The van der Waals surface area contributed by atoms with Crippen LogP contribution in [0.5, 0.6) is 0 Å². The van der Waals surface area contributed by atoms with E-state index in [1.54, 1.807) is 18.2 Å². The molecular weight excluding hydrogens is 308 g/mol. The molecule has 0 saturated carbocycles. The molecule has 112 valence electrons. The zero-order chi connectivity index (χ0) is 16.0. The molecule has 0 aliphatic heterocycles. The molecule has 0 atom stereocenters. The van der Waals surface area contributed by atoms with E-state index in [9.17, 15) is 9.59 Å². The summed E-state index contributed by atoms with van der Waals surface area (Å²) in [5, 5.41) is 0.460. The number of thiazole rings is 1. The molecule has 2 heterocycles. The van der Waals surface area contributed by atoms with Crippen molar-refractivity contribution in [3.63, 3.8) is 0 Å². The summed E-state index contributed by atoms with van der Waals surface area (Å²) in [6.07, 6.45) is 1.83. The molecule has 0 spiro atoms. The minimum absolute atomic E-state index is 0.144. The summed E-state index contributed by atoms with van der Waals surface area (Å²) in [5.74, 6) is 0. The number of hydrogen-bond donors (Lipinski definition) is 0. The Bertz CT molecular complexity index is 1200. The zero-order valence-corrected chi connectivity index (χ0v) is 13.1. The van der Waals surface area contributed by atoms with Crippen molar-refractivity contribution in [3.05, 3.63) is 84.9 Å². The largest absolute Gasteiger partial charge is 0.281 e. The number of nitrogens with zero attached hydrogens (tertiary/aromatic N) is 2. The molecule has 4 aromatic rings. The van der Waals surface area contributed by atoms with E-state index in [0.717, 1.165) is 5.56 Å². The highest BCUT2D eigenvalue weighted by Crippen LogP contribution is 2.11. The van der Waals surface area contributed by atoms with Gasteiger partial charge in [-0.3, -0.25) is 14.0 Å². The lowest BCUT2D eigenvalue weighted by molar-refractivity contribution is 1.12. The van der Waals surface area contributed by atoms with E-state index in [1.807, 2.05) is 43.3 Å². The number of rotatable bonds is 1. The number of para-hydroxylation sites is 1. The summed E-state index contributed by atoms with van der Waals surface area (Å²) in [4.78, 5) is 29.3. The third-order valence-corrected chi connectivity index (χ3v) is 4.72. The molecule has 0 amide bonds. The van der Waals surface area contributed by atoms with Gasteiger partial charge in [0.15, 0.2) is 0 Å². The number of fused-ring (bicyclic) bond motifs is 3. The third-order valence-electron chi connectivity index (χ3n) is 3.75. The lowest BCUT2D eigenvalue weighted by Crippen LogP contribution is -2.24. The Morgan fingerprint density at radius 2 is 1.78 bits per heavy atom. The van der Waals surface area contributed by atoms with Gasteiger partial charge in [0, 0.05) is 0 Å². The maximum absolute atomic E-state index is 12.7. The molecular formula is C18H12N2O2S. The second-order valence-corrected chi connectivity index (χ2v) is 6.39. The molecule has 2 aromatic carbocycles. The Balaban J connectivity index is 2.09. The first-order chi connectivity index (χ1) is 11.1. The third kappa shape index (κ3) is 2.26. The Hall–Kier alpha value is -2.79. The van der Waals surface area contributed by atoms with Crippen LogP contribution in [0, 0.1) is 6.92 Å². The maximum Gasteiger partial charge on any atom is 0.281 e. The van der Waals surface area contributed by atoms with Crippen LogP contribution >= 0.6 is 11.3 Å². The van der Waals surface area contributed by atoms with Crippen molar-refractivity contribution in [1.29, 1.82) is 0 Å². The molecule has 0 aliphatic rings. The quantitative estimate of drug-likeness (QED) is 0.540. The summed E-state index contributed by atoms with van der Waals surface area (Å²) in [6.45, 7) is 2.02. The highest BCUT2D eigenvalue weighted by molar-refractivity contribution is 7.15. The molecule has 4 rings (SSSR count). The predicted molar refractivity (Wildman–Crippen MR) is 93.1 cm³/mol. The van der Waals surface area contributed by atoms with E-state index in [0.29, 0.717) is 20.4 Å². The van der Waals surface area contributed by atoms with E-state index in [-0.39, 0.29) is 11.1 Å². The van der Waals surface area contributed by atoms with Crippen LogP contribution in [0.1, 0.15) is 11.1 Å². The lowest BCUT2D eigenvalue weighted by Gasteiger charge is -1.97. The SMILES string of the molecule is Cc1ccc(/C=c2\sc3nc(=O)c4ccccc4n3c2=O)cc1. The van der Waals surface area contributed by atoms with Crippen LogP contribution in [0.4, 0.5) is 0 Å². The fraction of sp³-hybridized carbons (Fsp3) is 0.0556. The van der Waals surface area contributed by atoms with Crippen LogP contribution in [-0.2, 0) is 0 Å². The molecule has 0 unspecified atom stereocenters. The van der Waals surface area contributed by atoms with Gasteiger partial charge in [-0.25, -0.2) is 0 Å². The van der Waals surface area contributed by atoms with Crippen molar-refractivity contribution >= 4 is 33.3 Å². The molecule has 0 radical (unpaired) electrons. The second-order valence-electron chi connectivity index (χ2n) is 5.38. The van der Waals surface area contributed by atoms with Crippen molar-refractivity contribution in [2.45, 2.75) is 6.92 Å². The Morgan fingerprint density at radius 1 is 1.04 bits per heavy atom. The maximum atomic E-state index is 12.7. The van der Waals surface area contributed by atoms with Gasteiger partial charge in [-0.1, -0.05) is 53.3 Å². The van der Waals surface area contributed by atoms with Gasteiger partial charge in [0.2, 0.25) is 4.96 Å². The molecule has 4 nitrogen and oxygen atoms in total. The van der Waals surface area contributed by atoms with E-state index < -0.39 is 0 Å². The fourth-order valence-corrected chi connectivity index (χ4v) is 3.54. The number of aryl methyl sites for hydroxylation is 1. The summed E-state index contributed by atoms with van der Waals surface area (Å²) in [6, 6.07) is 15.0. The van der Waals surface area contributed by atoms with E-state index in [1.165, 1.54) is 21.3 Å². The highest BCUT2D eigenvalue weighted by Gasteiger charge is 2.10. The summed E-state index contributed by atoms with van der Waals surface area (Å²) in [5.41, 5.74) is 2.27. The predicted octanol–water partition coefficient (Wildman–Crippen LogP) is 2.13. The monoisotopic (exact) mass is 320 g/mol. The molecule has 5 heteroatoms. The zero-order valence-electron chi connectivity index (χ0n) is 12.3. The van der Waals surface area contributed by atoms with Crippen molar-refractivity contribution in [1.82, 2.24) is 9.38 Å². The van der Waals surface area contributed by atoms with Crippen molar-refractivity contribution in [3.8, 4) is 0 Å². The smallest absolute Gasteiger partial charge is 0.267 e. The average molecular weight is 320 g/mol.